The first-order valence-electron chi connectivity index (χ1n) is 11.4. The number of para-hydroxylation sites is 1. The van der Waals surface area contributed by atoms with Crippen molar-refractivity contribution in [2.24, 2.45) is 4.99 Å². The number of carbonyl (C=O) groups is 1. The van der Waals surface area contributed by atoms with Gasteiger partial charge in [-0.15, -0.1) is 0 Å². The van der Waals surface area contributed by atoms with Crippen molar-refractivity contribution >= 4 is 45.4 Å². The molecule has 1 N–H and O–H groups in total. The minimum Gasteiger partial charge on any atom is -0.490 e. The second-order valence-electron chi connectivity index (χ2n) is 7.88. The number of aliphatic imine (C=N–C) groups is 1. The first kappa shape index (κ1) is 22.7. The molecule has 5 nitrogen and oxygen atoms in total. The van der Waals surface area contributed by atoms with Gasteiger partial charge in [-0.2, -0.15) is 0 Å². The van der Waals surface area contributed by atoms with Crippen molar-refractivity contribution < 1.29 is 14.3 Å². The molecule has 0 radical (unpaired) electrons. The lowest BCUT2D eigenvalue weighted by Crippen LogP contribution is -2.19. The Morgan fingerprint density at radius 3 is 2.54 bits per heavy atom. The molecule has 0 spiro atoms. The Hall–Kier alpha value is -4.03. The van der Waals surface area contributed by atoms with Crippen LogP contribution in [0.4, 0.5) is 5.69 Å². The number of thioether (sulfide) groups is 1. The van der Waals surface area contributed by atoms with E-state index in [1.54, 1.807) is 0 Å². The highest BCUT2D eigenvalue weighted by Gasteiger charge is 2.24. The predicted molar refractivity (Wildman–Crippen MR) is 143 cm³/mol. The number of nitrogens with one attached hydrogen (secondary N) is 1. The summed E-state index contributed by atoms with van der Waals surface area (Å²) in [5, 5.41) is 5.75. The summed E-state index contributed by atoms with van der Waals surface area (Å²) in [6.45, 7) is 2.87. The van der Waals surface area contributed by atoms with Crippen LogP contribution in [0.5, 0.6) is 11.5 Å². The molecule has 0 unspecified atom stereocenters. The van der Waals surface area contributed by atoms with Crippen LogP contribution < -0.4 is 14.8 Å². The molecule has 6 heteroatoms. The van der Waals surface area contributed by atoms with Crippen LogP contribution in [0.3, 0.4) is 0 Å². The molecular weight excluding hydrogens is 456 g/mol. The van der Waals surface area contributed by atoms with Gasteiger partial charge in [-0.3, -0.25) is 4.79 Å². The van der Waals surface area contributed by atoms with Gasteiger partial charge in [0.1, 0.15) is 6.61 Å². The van der Waals surface area contributed by atoms with Gasteiger partial charge in [-0.25, -0.2) is 4.99 Å². The summed E-state index contributed by atoms with van der Waals surface area (Å²) in [7, 11) is 0. The molecule has 0 bridgehead atoms. The van der Waals surface area contributed by atoms with Gasteiger partial charge < -0.3 is 14.8 Å². The molecule has 1 heterocycles. The highest BCUT2D eigenvalue weighted by atomic mass is 32.2. The lowest BCUT2D eigenvalue weighted by atomic mass is 10.1. The average Bonchev–Trinajstić information content (AvgIpc) is 3.22. The molecule has 0 saturated carbocycles. The lowest BCUT2D eigenvalue weighted by Gasteiger charge is -2.14. The van der Waals surface area contributed by atoms with Gasteiger partial charge in [0.15, 0.2) is 16.7 Å². The fourth-order valence-corrected chi connectivity index (χ4v) is 4.67. The number of benzene rings is 4. The minimum absolute atomic E-state index is 0.168. The third-order valence-electron chi connectivity index (χ3n) is 5.47. The molecule has 4 aromatic carbocycles. The van der Waals surface area contributed by atoms with Crippen LogP contribution in [0.25, 0.3) is 16.8 Å². The van der Waals surface area contributed by atoms with Gasteiger partial charge in [0.25, 0.3) is 5.91 Å². The third kappa shape index (κ3) is 5.39. The highest BCUT2D eigenvalue weighted by molar-refractivity contribution is 8.18. The van der Waals surface area contributed by atoms with Gasteiger partial charge in [0.05, 0.1) is 17.2 Å². The number of ether oxygens (including phenoxy) is 2. The number of amides is 1. The monoisotopic (exact) mass is 480 g/mol. The van der Waals surface area contributed by atoms with Gasteiger partial charge in [-0.1, -0.05) is 66.7 Å². The highest BCUT2D eigenvalue weighted by Crippen LogP contribution is 2.33. The fraction of sp³-hybridized carbons (Fsp3) is 0.103. The SMILES string of the molecule is CCOc1cc(C=C2SC(=Nc3ccccc3)NC2=O)ccc1OCc1cccc2ccccc12. The van der Waals surface area contributed by atoms with Crippen molar-refractivity contribution in [3.8, 4) is 11.5 Å². The van der Waals surface area contributed by atoms with E-state index in [1.807, 2.05) is 79.7 Å². The predicted octanol–water partition coefficient (Wildman–Crippen LogP) is 6.71. The summed E-state index contributed by atoms with van der Waals surface area (Å²) in [5.41, 5.74) is 2.76. The average molecular weight is 481 g/mol. The number of amidine groups is 1. The van der Waals surface area contributed by atoms with E-state index in [4.69, 9.17) is 9.47 Å². The van der Waals surface area contributed by atoms with Crippen LogP contribution in [-0.2, 0) is 11.4 Å². The Morgan fingerprint density at radius 1 is 0.886 bits per heavy atom. The Morgan fingerprint density at radius 2 is 1.69 bits per heavy atom. The Labute approximate surface area is 208 Å². The van der Waals surface area contributed by atoms with Gasteiger partial charge in [0, 0.05) is 0 Å². The third-order valence-corrected chi connectivity index (χ3v) is 6.38. The van der Waals surface area contributed by atoms with E-state index in [-0.39, 0.29) is 5.91 Å². The maximum absolute atomic E-state index is 12.5. The summed E-state index contributed by atoms with van der Waals surface area (Å²) in [6, 6.07) is 29.7. The molecule has 174 valence electrons. The van der Waals surface area contributed by atoms with Crippen molar-refractivity contribution in [1.82, 2.24) is 5.32 Å². The molecule has 1 saturated heterocycles. The number of fused-ring (bicyclic) bond motifs is 1. The van der Waals surface area contributed by atoms with E-state index in [2.05, 4.69) is 34.6 Å². The number of nitrogens with zero attached hydrogens (tertiary/aromatic N) is 1. The molecule has 5 rings (SSSR count). The van der Waals surface area contributed by atoms with Crippen LogP contribution in [0.1, 0.15) is 18.1 Å². The topological polar surface area (TPSA) is 59.9 Å². The van der Waals surface area contributed by atoms with Crippen molar-refractivity contribution in [3.05, 3.63) is 107 Å². The molecule has 1 aliphatic rings. The maximum atomic E-state index is 12.5. The van der Waals surface area contributed by atoms with E-state index in [1.165, 1.54) is 22.5 Å². The van der Waals surface area contributed by atoms with E-state index < -0.39 is 0 Å². The number of carbonyl (C=O) groups excluding carboxylic acids is 1. The van der Waals surface area contributed by atoms with Crippen LogP contribution in [0.15, 0.2) is 101 Å². The second-order valence-corrected chi connectivity index (χ2v) is 8.91. The Kier molecular flexibility index (Phi) is 6.82. The zero-order valence-corrected chi connectivity index (χ0v) is 20.0. The zero-order chi connectivity index (χ0) is 24.0. The van der Waals surface area contributed by atoms with E-state index >= 15 is 0 Å². The molecule has 1 fully saturated rings. The normalized spacial score (nSPS) is 15.5. The zero-order valence-electron chi connectivity index (χ0n) is 19.2. The van der Waals surface area contributed by atoms with Crippen molar-refractivity contribution in [2.75, 3.05) is 6.61 Å². The molecular formula is C29H24N2O3S. The first-order valence-corrected chi connectivity index (χ1v) is 12.2. The van der Waals surface area contributed by atoms with Crippen LogP contribution in [-0.4, -0.2) is 17.7 Å². The summed E-state index contributed by atoms with van der Waals surface area (Å²) in [4.78, 5) is 17.6. The molecule has 4 aromatic rings. The maximum Gasteiger partial charge on any atom is 0.264 e. The van der Waals surface area contributed by atoms with E-state index in [0.29, 0.717) is 34.8 Å². The quantitative estimate of drug-likeness (QED) is 0.299. The van der Waals surface area contributed by atoms with Crippen LogP contribution in [0.2, 0.25) is 0 Å². The number of hydrogen-bond donors (Lipinski definition) is 1. The van der Waals surface area contributed by atoms with E-state index in [0.717, 1.165) is 16.8 Å². The summed E-state index contributed by atoms with van der Waals surface area (Å²) >= 11 is 1.32. The van der Waals surface area contributed by atoms with Crippen LogP contribution >= 0.6 is 11.8 Å². The van der Waals surface area contributed by atoms with Crippen molar-refractivity contribution in [3.63, 3.8) is 0 Å². The minimum atomic E-state index is -0.168. The smallest absolute Gasteiger partial charge is 0.264 e. The molecule has 0 atom stereocenters. The van der Waals surface area contributed by atoms with Crippen LogP contribution in [0, 0.1) is 0 Å². The fourth-order valence-electron chi connectivity index (χ4n) is 3.83. The number of hydrogen-bond acceptors (Lipinski definition) is 5. The standard InChI is InChI=1S/C29H24N2O3S/c1-2-33-26-17-20(18-27-28(32)31-29(35-27)30-23-12-4-3-5-13-23)15-16-25(26)34-19-22-11-8-10-21-9-6-7-14-24(21)22/h3-18H,2,19H2,1H3,(H,30,31,32). The Bertz CT molecular complexity index is 1430. The van der Waals surface area contributed by atoms with Gasteiger partial charge >= 0.3 is 0 Å². The van der Waals surface area contributed by atoms with Gasteiger partial charge in [-0.05, 0) is 70.9 Å². The van der Waals surface area contributed by atoms with Crippen molar-refractivity contribution in [1.29, 1.82) is 0 Å². The van der Waals surface area contributed by atoms with Gasteiger partial charge in [0.2, 0.25) is 0 Å². The molecule has 1 aliphatic heterocycles. The first-order chi connectivity index (χ1) is 17.2. The number of rotatable bonds is 7. The summed E-state index contributed by atoms with van der Waals surface area (Å²) < 4.78 is 12.0. The summed E-state index contributed by atoms with van der Waals surface area (Å²) in [6.07, 6.45) is 1.84. The Balaban J connectivity index is 1.35. The molecule has 0 aliphatic carbocycles. The van der Waals surface area contributed by atoms with E-state index in [9.17, 15) is 4.79 Å². The second kappa shape index (κ2) is 10.5. The lowest BCUT2D eigenvalue weighted by molar-refractivity contribution is -0.115. The largest absolute Gasteiger partial charge is 0.490 e. The summed E-state index contributed by atoms with van der Waals surface area (Å²) in [5.74, 6) is 1.14. The molecule has 35 heavy (non-hydrogen) atoms. The molecule has 1 amide bonds. The van der Waals surface area contributed by atoms with Crippen molar-refractivity contribution in [2.45, 2.75) is 13.5 Å². The molecule has 0 aromatic heterocycles.